The fourth-order valence-corrected chi connectivity index (χ4v) is 3.48. The van der Waals surface area contributed by atoms with Crippen LogP contribution in [0.5, 0.6) is 11.5 Å². The Bertz CT molecular complexity index is 1340. The Hall–Kier alpha value is -4.01. The molecule has 0 radical (unpaired) electrons. The lowest BCUT2D eigenvalue weighted by Gasteiger charge is -2.18. The van der Waals surface area contributed by atoms with Crippen molar-refractivity contribution in [3.05, 3.63) is 83.4 Å². The molecule has 0 aliphatic heterocycles. The molecule has 0 atom stereocenters. The number of fused-ring (bicyclic) bond motifs is 1. The lowest BCUT2D eigenvalue weighted by atomic mass is 9.87. The maximum absolute atomic E-state index is 12.7. The van der Waals surface area contributed by atoms with Crippen LogP contribution < -0.4 is 14.8 Å². The largest absolute Gasteiger partial charge is 0.573 e. The van der Waals surface area contributed by atoms with Gasteiger partial charge >= 0.3 is 6.36 Å². The van der Waals surface area contributed by atoms with Crippen molar-refractivity contribution in [3.63, 3.8) is 0 Å². The molecule has 2 N–H and O–H groups in total. The van der Waals surface area contributed by atoms with E-state index in [4.69, 9.17) is 4.74 Å². The van der Waals surface area contributed by atoms with E-state index in [1.165, 1.54) is 18.2 Å². The van der Waals surface area contributed by atoms with Gasteiger partial charge in [-0.1, -0.05) is 45.0 Å². The fourth-order valence-electron chi connectivity index (χ4n) is 3.48. The van der Waals surface area contributed by atoms with Crippen molar-refractivity contribution in [2.24, 2.45) is 0 Å². The third kappa shape index (κ3) is 6.11. The maximum atomic E-state index is 12.7. The minimum absolute atomic E-state index is 0.00712. The molecule has 3 aromatic carbocycles. The summed E-state index contributed by atoms with van der Waals surface area (Å²) in [7, 11) is 0. The number of nitrogens with one attached hydrogen (secondary N) is 2. The zero-order valence-electron chi connectivity index (χ0n) is 19.4. The molecule has 1 aromatic heterocycles. The van der Waals surface area contributed by atoms with E-state index in [2.05, 4.69) is 41.0 Å². The molecule has 0 saturated heterocycles. The molecule has 0 spiro atoms. The van der Waals surface area contributed by atoms with E-state index in [0.29, 0.717) is 33.6 Å². The van der Waals surface area contributed by atoms with Crippen molar-refractivity contribution in [1.29, 1.82) is 0 Å². The number of nitrogens with zero attached hydrogens (tertiary/aromatic N) is 1. The third-order valence-electron chi connectivity index (χ3n) is 5.32. The van der Waals surface area contributed by atoms with Crippen LogP contribution in [-0.4, -0.2) is 22.5 Å². The van der Waals surface area contributed by atoms with Crippen molar-refractivity contribution < 1.29 is 27.4 Å². The number of H-pyrrole nitrogens is 1. The van der Waals surface area contributed by atoms with Crippen LogP contribution in [0.4, 0.5) is 19.0 Å². The molecule has 0 bridgehead atoms. The monoisotopic (exact) mass is 483 g/mol. The molecule has 4 rings (SSSR count). The van der Waals surface area contributed by atoms with Gasteiger partial charge in [0.05, 0.1) is 5.52 Å². The van der Waals surface area contributed by atoms with Crippen molar-refractivity contribution in [3.8, 4) is 11.5 Å². The second kappa shape index (κ2) is 9.32. The number of hydrogen-bond donors (Lipinski definition) is 2. The summed E-state index contributed by atoms with van der Waals surface area (Å²) in [4.78, 5) is 12.7. The Morgan fingerprint density at radius 3 is 2.40 bits per heavy atom. The van der Waals surface area contributed by atoms with Gasteiger partial charge < -0.3 is 14.8 Å². The Labute approximate surface area is 200 Å². The zero-order chi connectivity index (χ0) is 25.2. The van der Waals surface area contributed by atoms with Gasteiger partial charge in [-0.15, -0.1) is 13.2 Å². The highest BCUT2D eigenvalue weighted by Gasteiger charge is 2.31. The highest BCUT2D eigenvalue weighted by atomic mass is 19.4. The van der Waals surface area contributed by atoms with Crippen LogP contribution in [0.1, 0.15) is 42.3 Å². The number of aromatic amines is 1. The number of alkyl halides is 3. The second-order valence-corrected chi connectivity index (χ2v) is 9.04. The molecule has 6 nitrogen and oxygen atoms in total. The molecule has 0 aliphatic carbocycles. The van der Waals surface area contributed by atoms with Gasteiger partial charge in [-0.3, -0.25) is 9.89 Å². The molecule has 1 heterocycles. The SMILES string of the molecule is CC(C)(C)c1ccc(C(=O)Nc2n[nH]c3cc(OCc4cccc(OC(F)(F)F)c4)ccc23)cc1. The lowest BCUT2D eigenvalue weighted by molar-refractivity contribution is -0.274. The van der Waals surface area contributed by atoms with E-state index < -0.39 is 6.36 Å². The molecule has 1 amide bonds. The summed E-state index contributed by atoms with van der Waals surface area (Å²) in [6.45, 7) is 6.36. The van der Waals surface area contributed by atoms with Crippen LogP contribution in [0.15, 0.2) is 66.7 Å². The molecular weight excluding hydrogens is 459 g/mol. The van der Waals surface area contributed by atoms with Gasteiger partial charge in [0.15, 0.2) is 5.82 Å². The van der Waals surface area contributed by atoms with Crippen LogP contribution in [0.3, 0.4) is 0 Å². The summed E-state index contributed by atoms with van der Waals surface area (Å²) in [5.74, 6) is 0.281. The Kier molecular flexibility index (Phi) is 6.43. The highest BCUT2D eigenvalue weighted by molar-refractivity contribution is 6.07. The fraction of sp³-hybridized carbons (Fsp3) is 0.231. The van der Waals surface area contributed by atoms with Crippen LogP contribution in [-0.2, 0) is 12.0 Å². The zero-order valence-corrected chi connectivity index (χ0v) is 19.4. The van der Waals surface area contributed by atoms with Gasteiger partial charge in [-0.05, 0) is 52.9 Å². The number of benzene rings is 3. The molecule has 0 fully saturated rings. The number of hydrogen-bond acceptors (Lipinski definition) is 4. The van der Waals surface area contributed by atoms with Crippen LogP contribution in [0.2, 0.25) is 0 Å². The minimum atomic E-state index is -4.76. The molecule has 9 heteroatoms. The summed E-state index contributed by atoms with van der Waals surface area (Å²) in [6.07, 6.45) is -4.76. The normalized spacial score (nSPS) is 11.9. The topological polar surface area (TPSA) is 76.2 Å². The molecule has 4 aromatic rings. The number of amides is 1. The van der Waals surface area contributed by atoms with Gasteiger partial charge in [0, 0.05) is 17.0 Å². The second-order valence-electron chi connectivity index (χ2n) is 9.04. The van der Waals surface area contributed by atoms with E-state index in [-0.39, 0.29) is 23.7 Å². The van der Waals surface area contributed by atoms with E-state index in [9.17, 15) is 18.0 Å². The summed E-state index contributed by atoms with van der Waals surface area (Å²) in [5.41, 5.74) is 2.79. The van der Waals surface area contributed by atoms with Crippen molar-refractivity contribution in [2.45, 2.75) is 39.2 Å². The van der Waals surface area contributed by atoms with Crippen molar-refractivity contribution >= 4 is 22.6 Å². The standard InChI is InChI=1S/C26H24F3N3O3/c1-25(2,3)18-9-7-17(8-10-18)24(33)30-23-21-12-11-19(14-22(21)31-32-23)34-15-16-5-4-6-20(13-16)35-26(27,28)29/h4-14H,15H2,1-3H3,(H2,30,31,32,33). The third-order valence-corrected chi connectivity index (χ3v) is 5.32. The van der Waals surface area contributed by atoms with Crippen LogP contribution >= 0.6 is 0 Å². The predicted octanol–water partition coefficient (Wildman–Crippen LogP) is 6.59. The number of halogens is 3. The molecular formula is C26H24F3N3O3. The Morgan fingerprint density at radius 2 is 1.71 bits per heavy atom. The number of aromatic nitrogens is 2. The van der Waals surface area contributed by atoms with Crippen LogP contribution in [0.25, 0.3) is 10.9 Å². The maximum Gasteiger partial charge on any atom is 0.573 e. The molecule has 0 saturated carbocycles. The average molecular weight is 483 g/mol. The smallest absolute Gasteiger partial charge is 0.489 e. The van der Waals surface area contributed by atoms with Crippen molar-refractivity contribution in [2.75, 3.05) is 5.32 Å². The van der Waals surface area contributed by atoms with Gasteiger partial charge in [0.2, 0.25) is 0 Å². The highest BCUT2D eigenvalue weighted by Crippen LogP contribution is 2.28. The molecule has 0 unspecified atom stereocenters. The molecule has 182 valence electrons. The lowest BCUT2D eigenvalue weighted by Crippen LogP contribution is -2.17. The number of carbonyl (C=O) groups is 1. The van der Waals surface area contributed by atoms with Gasteiger partial charge in [-0.25, -0.2) is 0 Å². The Balaban J connectivity index is 1.42. The number of anilines is 1. The summed E-state index contributed by atoms with van der Waals surface area (Å²) in [6, 6.07) is 18.2. The average Bonchev–Trinajstić information content (AvgIpc) is 3.18. The van der Waals surface area contributed by atoms with Gasteiger partial charge in [0.25, 0.3) is 5.91 Å². The number of rotatable bonds is 6. The molecule has 35 heavy (non-hydrogen) atoms. The number of carbonyl (C=O) groups excluding carboxylic acids is 1. The quantitative estimate of drug-likeness (QED) is 0.324. The minimum Gasteiger partial charge on any atom is -0.489 e. The van der Waals surface area contributed by atoms with E-state index >= 15 is 0 Å². The Morgan fingerprint density at radius 1 is 0.971 bits per heavy atom. The van der Waals surface area contributed by atoms with Gasteiger partial charge in [-0.2, -0.15) is 5.10 Å². The first kappa shape index (κ1) is 24.1. The summed E-state index contributed by atoms with van der Waals surface area (Å²) >= 11 is 0. The molecule has 0 aliphatic rings. The first-order valence-corrected chi connectivity index (χ1v) is 10.9. The number of ether oxygens (including phenoxy) is 2. The summed E-state index contributed by atoms with van der Waals surface area (Å²) in [5, 5.41) is 10.6. The van der Waals surface area contributed by atoms with E-state index in [1.54, 1.807) is 36.4 Å². The van der Waals surface area contributed by atoms with Crippen LogP contribution in [0, 0.1) is 0 Å². The first-order valence-electron chi connectivity index (χ1n) is 10.9. The van der Waals surface area contributed by atoms with E-state index in [1.807, 2.05) is 12.1 Å². The first-order chi connectivity index (χ1) is 16.5. The van der Waals surface area contributed by atoms with E-state index in [0.717, 1.165) is 5.56 Å². The van der Waals surface area contributed by atoms with Gasteiger partial charge in [0.1, 0.15) is 18.1 Å². The summed E-state index contributed by atoms with van der Waals surface area (Å²) < 4.78 is 46.9. The van der Waals surface area contributed by atoms with Crippen molar-refractivity contribution in [1.82, 2.24) is 10.2 Å². The predicted molar refractivity (Wildman–Crippen MR) is 127 cm³/mol.